The van der Waals surface area contributed by atoms with E-state index in [0.717, 1.165) is 45.1 Å². The van der Waals surface area contributed by atoms with E-state index in [4.69, 9.17) is 9.47 Å². The molecule has 1 amide bonds. The molecule has 2 heterocycles. The Labute approximate surface area is 168 Å². The summed E-state index contributed by atoms with van der Waals surface area (Å²) in [7, 11) is 1.68. The molecule has 0 spiro atoms. The zero-order valence-corrected chi connectivity index (χ0v) is 16.9. The van der Waals surface area contributed by atoms with Crippen LogP contribution in [0.3, 0.4) is 0 Å². The minimum atomic E-state index is 0.124. The van der Waals surface area contributed by atoms with Crippen LogP contribution in [0.2, 0.25) is 0 Å². The summed E-state index contributed by atoms with van der Waals surface area (Å²) in [5, 5.41) is 3.29. The van der Waals surface area contributed by atoms with Gasteiger partial charge in [-0.1, -0.05) is 12.1 Å². The monoisotopic (exact) mass is 387 g/mol. The molecule has 0 radical (unpaired) electrons. The molecule has 3 aliphatic rings. The number of amides is 1. The minimum absolute atomic E-state index is 0.124. The van der Waals surface area contributed by atoms with Crippen molar-refractivity contribution in [3.63, 3.8) is 0 Å². The van der Waals surface area contributed by atoms with Crippen LogP contribution in [0.25, 0.3) is 0 Å². The van der Waals surface area contributed by atoms with Crippen molar-refractivity contribution in [1.82, 2.24) is 15.1 Å². The molecule has 2 aliphatic heterocycles. The van der Waals surface area contributed by atoms with Crippen molar-refractivity contribution in [2.75, 3.05) is 53.0 Å². The third kappa shape index (κ3) is 5.25. The Morgan fingerprint density at radius 3 is 2.46 bits per heavy atom. The molecule has 1 saturated carbocycles. The van der Waals surface area contributed by atoms with Crippen molar-refractivity contribution >= 4 is 5.91 Å². The number of rotatable bonds is 8. The largest absolute Gasteiger partial charge is 0.497 e. The summed E-state index contributed by atoms with van der Waals surface area (Å²) in [5.74, 6) is 1.56. The molecule has 2 unspecified atom stereocenters. The van der Waals surface area contributed by atoms with E-state index < -0.39 is 0 Å². The average Bonchev–Trinajstić information content (AvgIpc) is 3.44. The quantitative estimate of drug-likeness (QED) is 0.740. The highest BCUT2D eigenvalue weighted by Gasteiger charge is 2.34. The molecule has 1 aliphatic carbocycles. The number of nitrogens with zero attached hydrogens (tertiary/aromatic N) is 2. The first-order valence-electron chi connectivity index (χ1n) is 10.7. The fourth-order valence-electron chi connectivity index (χ4n) is 4.34. The molecule has 28 heavy (non-hydrogen) atoms. The Morgan fingerprint density at radius 1 is 1.14 bits per heavy atom. The maximum absolute atomic E-state index is 12.7. The molecule has 3 fully saturated rings. The van der Waals surface area contributed by atoms with Crippen LogP contribution in [0.1, 0.15) is 37.3 Å². The third-order valence-corrected chi connectivity index (χ3v) is 6.20. The molecule has 0 aromatic heterocycles. The van der Waals surface area contributed by atoms with Gasteiger partial charge < -0.3 is 14.8 Å². The van der Waals surface area contributed by atoms with Crippen LogP contribution in [-0.4, -0.2) is 74.8 Å². The van der Waals surface area contributed by atoms with Gasteiger partial charge in [-0.15, -0.1) is 0 Å². The standard InChI is InChI=1S/C22H33N3O3/c1-27-19-8-6-18(7-9-19)22(17-4-5-17)23-21(26)16-25-12-10-24(11-13-25)15-20-3-2-14-28-20/h6-9,17,20,22H,2-5,10-16H2,1H3,(H,23,26). The van der Waals surface area contributed by atoms with E-state index in [0.29, 0.717) is 18.6 Å². The second kappa shape index (κ2) is 9.25. The first-order chi connectivity index (χ1) is 13.7. The number of piperazine rings is 1. The lowest BCUT2D eigenvalue weighted by Crippen LogP contribution is -2.51. The number of carbonyl (C=O) groups is 1. The number of ether oxygens (including phenoxy) is 2. The van der Waals surface area contributed by atoms with E-state index in [1.54, 1.807) is 7.11 Å². The average molecular weight is 388 g/mol. The maximum atomic E-state index is 12.7. The van der Waals surface area contributed by atoms with Crippen LogP contribution >= 0.6 is 0 Å². The SMILES string of the molecule is COc1ccc(C(NC(=O)CN2CCN(CC3CCCO3)CC2)C2CC2)cc1. The summed E-state index contributed by atoms with van der Waals surface area (Å²) >= 11 is 0. The number of carbonyl (C=O) groups excluding carboxylic acids is 1. The van der Waals surface area contributed by atoms with Gasteiger partial charge in [0.2, 0.25) is 5.91 Å². The number of hydrogen-bond acceptors (Lipinski definition) is 5. The van der Waals surface area contributed by atoms with Crippen molar-refractivity contribution in [3.05, 3.63) is 29.8 Å². The molecule has 6 heteroatoms. The summed E-state index contributed by atoms with van der Waals surface area (Å²) in [6.45, 7) is 6.42. The normalized spacial score (nSPS) is 24.8. The highest BCUT2D eigenvalue weighted by atomic mass is 16.5. The summed E-state index contributed by atoms with van der Waals surface area (Å²) in [6.07, 6.45) is 5.19. The highest BCUT2D eigenvalue weighted by molar-refractivity contribution is 5.78. The van der Waals surface area contributed by atoms with Gasteiger partial charge in [0.05, 0.1) is 25.8 Å². The topological polar surface area (TPSA) is 54.0 Å². The third-order valence-electron chi connectivity index (χ3n) is 6.20. The van der Waals surface area contributed by atoms with Crippen molar-refractivity contribution in [2.24, 2.45) is 5.92 Å². The molecular weight excluding hydrogens is 354 g/mol. The highest BCUT2D eigenvalue weighted by Crippen LogP contribution is 2.41. The van der Waals surface area contributed by atoms with Gasteiger partial charge in [-0.25, -0.2) is 0 Å². The van der Waals surface area contributed by atoms with Gasteiger partial charge in [-0.3, -0.25) is 14.6 Å². The molecule has 0 bridgehead atoms. The van der Waals surface area contributed by atoms with Crippen molar-refractivity contribution in [3.8, 4) is 5.75 Å². The number of nitrogens with one attached hydrogen (secondary N) is 1. The van der Waals surface area contributed by atoms with Crippen molar-refractivity contribution < 1.29 is 14.3 Å². The number of benzene rings is 1. The van der Waals surface area contributed by atoms with E-state index in [9.17, 15) is 4.79 Å². The molecular formula is C22H33N3O3. The first-order valence-corrected chi connectivity index (χ1v) is 10.7. The predicted octanol–water partition coefficient (Wildman–Crippen LogP) is 2.06. The second-order valence-electron chi connectivity index (χ2n) is 8.37. The fraction of sp³-hybridized carbons (Fsp3) is 0.682. The Bertz CT molecular complexity index is 633. The van der Waals surface area contributed by atoms with Crippen LogP contribution in [0, 0.1) is 5.92 Å². The smallest absolute Gasteiger partial charge is 0.234 e. The lowest BCUT2D eigenvalue weighted by atomic mass is 10.0. The van der Waals surface area contributed by atoms with Gasteiger partial charge in [-0.05, 0) is 49.3 Å². The van der Waals surface area contributed by atoms with E-state index in [2.05, 4.69) is 27.2 Å². The van der Waals surface area contributed by atoms with Crippen molar-refractivity contribution in [2.45, 2.75) is 37.8 Å². The lowest BCUT2D eigenvalue weighted by Gasteiger charge is -2.35. The molecule has 1 N–H and O–H groups in total. The van der Waals surface area contributed by atoms with Gasteiger partial charge in [0.1, 0.15) is 5.75 Å². The van der Waals surface area contributed by atoms with Crippen LogP contribution < -0.4 is 10.1 Å². The van der Waals surface area contributed by atoms with E-state index in [1.807, 2.05) is 12.1 Å². The Morgan fingerprint density at radius 2 is 1.86 bits per heavy atom. The summed E-state index contributed by atoms with van der Waals surface area (Å²) in [6, 6.07) is 8.23. The second-order valence-corrected chi connectivity index (χ2v) is 8.37. The Kier molecular flexibility index (Phi) is 6.50. The molecule has 2 saturated heterocycles. The summed E-state index contributed by atoms with van der Waals surface area (Å²) in [4.78, 5) is 17.5. The number of hydrogen-bond donors (Lipinski definition) is 1. The molecule has 1 aromatic rings. The van der Waals surface area contributed by atoms with E-state index in [-0.39, 0.29) is 11.9 Å². The zero-order chi connectivity index (χ0) is 19.3. The molecule has 1 aromatic carbocycles. The van der Waals surface area contributed by atoms with Gasteiger partial charge in [-0.2, -0.15) is 0 Å². The molecule has 4 rings (SSSR count). The maximum Gasteiger partial charge on any atom is 0.234 e. The predicted molar refractivity (Wildman–Crippen MR) is 108 cm³/mol. The van der Waals surface area contributed by atoms with Gasteiger partial charge in [0.15, 0.2) is 0 Å². The van der Waals surface area contributed by atoms with Gasteiger partial charge in [0, 0.05) is 39.3 Å². The van der Waals surface area contributed by atoms with Crippen LogP contribution in [0.4, 0.5) is 0 Å². The summed E-state index contributed by atoms with van der Waals surface area (Å²) in [5.41, 5.74) is 1.18. The first kappa shape index (κ1) is 19.7. The molecule has 2 atom stereocenters. The Balaban J connectivity index is 1.24. The van der Waals surface area contributed by atoms with Gasteiger partial charge in [0.25, 0.3) is 0 Å². The van der Waals surface area contributed by atoms with Crippen LogP contribution in [0.15, 0.2) is 24.3 Å². The molecule has 6 nitrogen and oxygen atoms in total. The zero-order valence-electron chi connectivity index (χ0n) is 16.9. The van der Waals surface area contributed by atoms with Crippen molar-refractivity contribution in [1.29, 1.82) is 0 Å². The summed E-state index contributed by atoms with van der Waals surface area (Å²) < 4.78 is 11.0. The number of methoxy groups -OCH3 is 1. The van der Waals surface area contributed by atoms with Gasteiger partial charge >= 0.3 is 0 Å². The Hall–Kier alpha value is -1.63. The minimum Gasteiger partial charge on any atom is -0.497 e. The van der Waals surface area contributed by atoms with Crippen LogP contribution in [0.5, 0.6) is 5.75 Å². The van der Waals surface area contributed by atoms with E-state index in [1.165, 1.54) is 31.2 Å². The lowest BCUT2D eigenvalue weighted by molar-refractivity contribution is -0.123. The fourth-order valence-corrected chi connectivity index (χ4v) is 4.34. The van der Waals surface area contributed by atoms with E-state index >= 15 is 0 Å². The van der Waals surface area contributed by atoms with Crippen LogP contribution in [-0.2, 0) is 9.53 Å². The molecule has 154 valence electrons.